The van der Waals surface area contributed by atoms with E-state index in [2.05, 4.69) is 21.3 Å². The molecule has 0 fully saturated rings. The van der Waals surface area contributed by atoms with Crippen molar-refractivity contribution in [2.24, 2.45) is 0 Å². The molecule has 178 valence electrons. The molecule has 0 radical (unpaired) electrons. The number of carbonyl (C=O) groups excluding carboxylic acids is 6. The zero-order chi connectivity index (χ0) is 24.3. The highest BCUT2D eigenvalue weighted by Crippen LogP contribution is 2.07. The van der Waals surface area contributed by atoms with Crippen molar-refractivity contribution in [2.45, 2.75) is 64.6 Å². The molecule has 3 atom stereocenters. The first kappa shape index (κ1) is 27.5. The first-order chi connectivity index (χ1) is 15.1. The van der Waals surface area contributed by atoms with Crippen molar-refractivity contribution >= 4 is 58.0 Å². The number of nitrogens with one attached hydrogen (secondary N) is 4. The van der Waals surface area contributed by atoms with E-state index in [-0.39, 0.29) is 30.0 Å². The fourth-order valence-electron chi connectivity index (χ4n) is 2.79. The summed E-state index contributed by atoms with van der Waals surface area (Å²) in [6, 6.07) is -2.47. The molecule has 6 amide bonds. The molecule has 0 unspecified atom stereocenters. The quantitative estimate of drug-likeness (QED) is 0.0779. The van der Waals surface area contributed by atoms with Gasteiger partial charge < -0.3 is 21.3 Å². The van der Waals surface area contributed by atoms with E-state index in [9.17, 15) is 28.8 Å². The fraction of sp³-hybridized carbons (Fsp3) is 0.600. The maximum absolute atomic E-state index is 12.2. The van der Waals surface area contributed by atoms with Crippen molar-refractivity contribution in [1.82, 2.24) is 26.2 Å². The molecule has 0 bridgehead atoms. The second-order valence-corrected chi connectivity index (χ2v) is 8.16. The molecule has 0 aliphatic carbocycles. The zero-order valence-electron chi connectivity index (χ0n) is 18.4. The van der Waals surface area contributed by atoms with Crippen LogP contribution in [0.15, 0.2) is 12.2 Å². The average molecular weight is 563 g/mol. The Morgan fingerprint density at radius 3 is 1.84 bits per heavy atom. The second kappa shape index (κ2) is 13.8. The van der Waals surface area contributed by atoms with Crippen LogP contribution in [-0.4, -0.2) is 69.6 Å². The Labute approximate surface area is 200 Å². The summed E-state index contributed by atoms with van der Waals surface area (Å²) < 4.78 is 0.412. The van der Waals surface area contributed by atoms with Crippen molar-refractivity contribution in [2.75, 3.05) is 11.1 Å². The van der Waals surface area contributed by atoms with Crippen molar-refractivity contribution in [1.29, 1.82) is 0 Å². The van der Waals surface area contributed by atoms with Gasteiger partial charge in [0.15, 0.2) is 0 Å². The molecule has 0 saturated carbocycles. The topological polar surface area (TPSA) is 154 Å². The van der Waals surface area contributed by atoms with Crippen LogP contribution in [-0.2, 0) is 28.8 Å². The van der Waals surface area contributed by atoms with E-state index in [0.717, 1.165) is 4.90 Å². The summed E-state index contributed by atoms with van der Waals surface area (Å²) in [6.07, 6.45) is 4.43. The van der Waals surface area contributed by atoms with Gasteiger partial charge in [-0.2, -0.15) is 0 Å². The van der Waals surface area contributed by atoms with Gasteiger partial charge in [-0.25, -0.2) is 0 Å². The molecule has 0 spiro atoms. The first-order valence-corrected chi connectivity index (χ1v) is 11.9. The Balaban J connectivity index is 2.26. The minimum Gasteiger partial charge on any atom is -0.345 e. The van der Waals surface area contributed by atoms with Crippen LogP contribution >= 0.6 is 22.6 Å². The standard InChI is InChI=1S/C20H30IN5O6/c1-12(18(30)22-11-21)24-20(32)14(3)25-19(31)13(2)23-15(27)7-5-4-6-10-26-16(28)8-9-17(26)29/h8-9,12-14H,4-7,10-11H2,1-3H3,(H,22,30)(H,23,27)(H,24,32)(H,25,31)/t12-,13-,14-/m0/s1. The lowest BCUT2D eigenvalue weighted by Crippen LogP contribution is -2.54. The lowest BCUT2D eigenvalue weighted by Gasteiger charge is -2.20. The van der Waals surface area contributed by atoms with E-state index in [1.807, 2.05) is 22.6 Å². The van der Waals surface area contributed by atoms with Crippen LogP contribution in [0.25, 0.3) is 0 Å². The van der Waals surface area contributed by atoms with Gasteiger partial charge in [0, 0.05) is 25.1 Å². The fourth-order valence-corrected chi connectivity index (χ4v) is 3.17. The van der Waals surface area contributed by atoms with Crippen molar-refractivity contribution in [3.8, 4) is 0 Å². The lowest BCUT2D eigenvalue weighted by atomic mass is 10.1. The number of carbonyl (C=O) groups is 6. The van der Waals surface area contributed by atoms with Gasteiger partial charge in [0.05, 0.1) is 4.55 Å². The molecule has 0 aromatic rings. The summed E-state index contributed by atoms with van der Waals surface area (Å²) in [7, 11) is 0. The van der Waals surface area contributed by atoms with Crippen LogP contribution in [0.3, 0.4) is 0 Å². The van der Waals surface area contributed by atoms with Gasteiger partial charge in [-0.05, 0) is 33.6 Å². The van der Waals surface area contributed by atoms with Crippen molar-refractivity contribution in [3.63, 3.8) is 0 Å². The summed E-state index contributed by atoms with van der Waals surface area (Å²) in [5, 5.41) is 10.2. The van der Waals surface area contributed by atoms with Crippen molar-refractivity contribution < 1.29 is 28.8 Å². The third kappa shape index (κ3) is 9.32. The number of alkyl halides is 1. The van der Waals surface area contributed by atoms with Crippen LogP contribution in [0.1, 0.15) is 46.5 Å². The SMILES string of the molecule is C[C@H](NC(=O)CCCCCN1C(=O)C=CC1=O)C(=O)N[C@@H](C)C(=O)N[C@@H](C)C(=O)NCI. The van der Waals surface area contributed by atoms with Crippen LogP contribution in [0.5, 0.6) is 0 Å². The highest BCUT2D eigenvalue weighted by atomic mass is 127. The summed E-state index contributed by atoms with van der Waals surface area (Å²) in [5.74, 6) is -2.34. The van der Waals surface area contributed by atoms with Gasteiger partial charge in [0.2, 0.25) is 23.6 Å². The summed E-state index contributed by atoms with van der Waals surface area (Å²) in [4.78, 5) is 72.1. The molecule has 4 N–H and O–H groups in total. The zero-order valence-corrected chi connectivity index (χ0v) is 20.6. The van der Waals surface area contributed by atoms with Gasteiger partial charge in [-0.15, -0.1) is 0 Å². The normalized spacial score (nSPS) is 15.7. The third-order valence-electron chi connectivity index (χ3n) is 4.70. The minimum absolute atomic E-state index is 0.192. The Morgan fingerprint density at radius 2 is 1.31 bits per heavy atom. The van der Waals surface area contributed by atoms with E-state index in [0.29, 0.717) is 30.4 Å². The van der Waals surface area contributed by atoms with E-state index in [1.165, 1.54) is 32.9 Å². The maximum Gasteiger partial charge on any atom is 0.253 e. The molecule has 0 aromatic heterocycles. The second-order valence-electron chi connectivity index (χ2n) is 7.40. The first-order valence-electron chi connectivity index (χ1n) is 10.3. The van der Waals surface area contributed by atoms with Gasteiger partial charge in [-0.3, -0.25) is 33.7 Å². The Kier molecular flexibility index (Phi) is 11.9. The molecule has 1 aliphatic heterocycles. The molecule has 1 heterocycles. The highest BCUT2D eigenvalue weighted by molar-refractivity contribution is 14.1. The summed E-state index contributed by atoms with van der Waals surface area (Å²) >= 11 is 1.97. The number of rotatable bonds is 13. The summed E-state index contributed by atoms with van der Waals surface area (Å²) in [6.45, 7) is 4.83. The Morgan fingerprint density at radius 1 is 0.812 bits per heavy atom. The average Bonchev–Trinajstić information content (AvgIpc) is 3.05. The van der Waals surface area contributed by atoms with Crippen LogP contribution in [0.2, 0.25) is 0 Å². The molecule has 1 aliphatic rings. The van der Waals surface area contributed by atoms with Gasteiger partial charge in [-0.1, -0.05) is 29.0 Å². The predicted molar refractivity (Wildman–Crippen MR) is 124 cm³/mol. The molecular formula is C20H30IN5O6. The largest absolute Gasteiger partial charge is 0.345 e. The number of unbranched alkanes of at least 4 members (excludes halogenated alkanes) is 2. The number of hydrogen-bond donors (Lipinski definition) is 4. The number of amides is 6. The van der Waals surface area contributed by atoms with Gasteiger partial charge in [0.25, 0.3) is 11.8 Å². The van der Waals surface area contributed by atoms with Crippen molar-refractivity contribution in [3.05, 3.63) is 12.2 Å². The van der Waals surface area contributed by atoms with E-state index >= 15 is 0 Å². The van der Waals surface area contributed by atoms with Gasteiger partial charge >= 0.3 is 0 Å². The molecule has 11 nitrogen and oxygen atoms in total. The monoisotopic (exact) mass is 563 g/mol. The van der Waals surface area contributed by atoms with Gasteiger partial charge in [0.1, 0.15) is 18.1 Å². The molecule has 0 saturated heterocycles. The van der Waals surface area contributed by atoms with Crippen LogP contribution in [0.4, 0.5) is 0 Å². The number of halogens is 1. The van der Waals surface area contributed by atoms with E-state index in [1.54, 1.807) is 0 Å². The smallest absolute Gasteiger partial charge is 0.253 e. The molecule has 32 heavy (non-hydrogen) atoms. The molecule has 12 heteroatoms. The van der Waals surface area contributed by atoms with E-state index in [4.69, 9.17) is 0 Å². The molecular weight excluding hydrogens is 533 g/mol. The highest BCUT2D eigenvalue weighted by Gasteiger charge is 2.24. The van der Waals surface area contributed by atoms with E-state index < -0.39 is 29.9 Å². The predicted octanol–water partition coefficient (Wildman–Crippen LogP) is -0.505. The van der Waals surface area contributed by atoms with Crippen LogP contribution < -0.4 is 21.3 Å². The lowest BCUT2D eigenvalue weighted by molar-refractivity contribution is -0.137. The number of nitrogens with zero attached hydrogens (tertiary/aromatic N) is 1. The third-order valence-corrected chi connectivity index (χ3v) is 5.08. The maximum atomic E-state index is 12.2. The van der Waals surface area contributed by atoms with Crippen LogP contribution in [0, 0.1) is 0 Å². The summed E-state index contributed by atoms with van der Waals surface area (Å²) in [5.41, 5.74) is 0. The number of imide groups is 1. The molecule has 0 aromatic carbocycles. The Bertz CT molecular complexity index is 754. The molecule has 1 rings (SSSR count). The minimum atomic E-state index is -0.887. The Hall–Kier alpha value is -2.51. The number of hydrogen-bond acceptors (Lipinski definition) is 6.